The summed E-state index contributed by atoms with van der Waals surface area (Å²) in [6.45, 7) is 4.86. The number of hydrogen-bond donors (Lipinski definition) is 2. The molecule has 0 bridgehead atoms. The molecule has 1 fully saturated rings. The van der Waals surface area contributed by atoms with E-state index in [1.165, 1.54) is 11.1 Å². The van der Waals surface area contributed by atoms with E-state index < -0.39 is 0 Å². The van der Waals surface area contributed by atoms with Gasteiger partial charge in [0, 0.05) is 31.4 Å². The van der Waals surface area contributed by atoms with Crippen molar-refractivity contribution in [2.24, 2.45) is 5.92 Å². The Hall–Kier alpha value is -1.39. The van der Waals surface area contributed by atoms with E-state index in [9.17, 15) is 4.79 Å². The first-order chi connectivity index (χ1) is 10.3. The molecule has 0 saturated carbocycles. The van der Waals surface area contributed by atoms with Gasteiger partial charge in [-0.05, 0) is 48.9 Å². The Labute approximate surface area is 126 Å². The summed E-state index contributed by atoms with van der Waals surface area (Å²) in [4.78, 5) is 11.5. The van der Waals surface area contributed by atoms with Crippen LogP contribution in [0.25, 0.3) is 0 Å². The summed E-state index contributed by atoms with van der Waals surface area (Å²) in [5, 5.41) is 6.60. The molecular weight excluding hydrogens is 264 g/mol. The average Bonchev–Trinajstić information content (AvgIpc) is 2.53. The minimum atomic E-state index is 0.128. The molecular formula is C17H24N2O2. The van der Waals surface area contributed by atoms with E-state index in [4.69, 9.17) is 4.74 Å². The van der Waals surface area contributed by atoms with Crippen molar-refractivity contribution < 1.29 is 9.53 Å². The second kappa shape index (κ2) is 6.58. The average molecular weight is 288 g/mol. The number of aryl methyl sites for hydroxylation is 1. The van der Waals surface area contributed by atoms with E-state index >= 15 is 0 Å². The second-order valence-corrected chi connectivity index (χ2v) is 5.95. The fourth-order valence-corrected chi connectivity index (χ4v) is 3.42. The molecule has 2 heterocycles. The zero-order valence-electron chi connectivity index (χ0n) is 12.7. The fraction of sp³-hybridized carbons (Fsp3) is 0.588. The van der Waals surface area contributed by atoms with Crippen molar-refractivity contribution >= 4 is 11.6 Å². The van der Waals surface area contributed by atoms with Crippen molar-refractivity contribution in [3.8, 4) is 0 Å². The van der Waals surface area contributed by atoms with Crippen LogP contribution in [-0.4, -0.2) is 25.7 Å². The van der Waals surface area contributed by atoms with Crippen molar-refractivity contribution in [1.82, 2.24) is 5.32 Å². The molecule has 1 atom stereocenters. The van der Waals surface area contributed by atoms with E-state index in [1.54, 1.807) is 0 Å². The first-order valence-corrected chi connectivity index (χ1v) is 8.01. The van der Waals surface area contributed by atoms with Crippen LogP contribution in [0.3, 0.4) is 0 Å². The summed E-state index contributed by atoms with van der Waals surface area (Å²) in [6.07, 6.45) is 3.68. The van der Waals surface area contributed by atoms with Crippen molar-refractivity contribution in [3.05, 3.63) is 29.3 Å². The molecule has 0 spiro atoms. The normalized spacial score (nSPS) is 20.7. The highest BCUT2D eigenvalue weighted by Gasteiger charge is 2.26. The lowest BCUT2D eigenvalue weighted by Crippen LogP contribution is -2.32. The number of hydrogen-bond acceptors (Lipinski definition) is 3. The van der Waals surface area contributed by atoms with E-state index in [-0.39, 0.29) is 5.91 Å². The maximum absolute atomic E-state index is 11.5. The first kappa shape index (κ1) is 14.5. The van der Waals surface area contributed by atoms with Gasteiger partial charge in [0.05, 0.1) is 0 Å². The highest BCUT2D eigenvalue weighted by molar-refractivity contribution is 5.93. The third kappa shape index (κ3) is 3.27. The molecule has 1 aromatic rings. The summed E-state index contributed by atoms with van der Waals surface area (Å²) in [7, 11) is 0. The van der Waals surface area contributed by atoms with Gasteiger partial charge in [0.15, 0.2) is 0 Å². The molecule has 3 rings (SSSR count). The number of anilines is 1. The van der Waals surface area contributed by atoms with Gasteiger partial charge in [-0.1, -0.05) is 19.1 Å². The molecule has 4 nitrogen and oxygen atoms in total. The SMILES string of the molecule is CCNC(c1ccc2c(c1)CCC(=O)N2)C1CCOCC1. The van der Waals surface area contributed by atoms with E-state index in [2.05, 4.69) is 35.8 Å². The Morgan fingerprint density at radius 2 is 2.14 bits per heavy atom. The highest BCUT2D eigenvalue weighted by atomic mass is 16.5. The topological polar surface area (TPSA) is 50.4 Å². The van der Waals surface area contributed by atoms with Crippen molar-refractivity contribution in [1.29, 1.82) is 0 Å². The van der Waals surface area contributed by atoms with Crippen molar-refractivity contribution in [3.63, 3.8) is 0 Å². The molecule has 0 aromatic heterocycles. The number of ether oxygens (including phenoxy) is 1. The van der Waals surface area contributed by atoms with Gasteiger partial charge < -0.3 is 15.4 Å². The third-order valence-corrected chi connectivity index (χ3v) is 4.55. The van der Waals surface area contributed by atoms with Crippen LogP contribution in [0, 0.1) is 5.92 Å². The minimum absolute atomic E-state index is 0.128. The Morgan fingerprint density at radius 1 is 1.33 bits per heavy atom. The van der Waals surface area contributed by atoms with Crippen LogP contribution in [0.2, 0.25) is 0 Å². The van der Waals surface area contributed by atoms with Crippen LogP contribution in [0.4, 0.5) is 5.69 Å². The summed E-state index contributed by atoms with van der Waals surface area (Å²) in [6, 6.07) is 6.89. The van der Waals surface area contributed by atoms with Crippen LogP contribution in [-0.2, 0) is 16.0 Å². The maximum atomic E-state index is 11.5. The molecule has 0 radical (unpaired) electrons. The van der Waals surface area contributed by atoms with Crippen molar-refractivity contribution in [2.75, 3.05) is 25.1 Å². The molecule has 1 saturated heterocycles. The van der Waals surface area contributed by atoms with Crippen LogP contribution in [0.5, 0.6) is 0 Å². The fourth-order valence-electron chi connectivity index (χ4n) is 3.42. The number of fused-ring (bicyclic) bond motifs is 1. The highest BCUT2D eigenvalue weighted by Crippen LogP contribution is 2.33. The lowest BCUT2D eigenvalue weighted by Gasteiger charge is -2.32. The number of benzene rings is 1. The molecule has 1 aromatic carbocycles. The predicted molar refractivity (Wildman–Crippen MR) is 83.4 cm³/mol. The van der Waals surface area contributed by atoms with Gasteiger partial charge in [0.25, 0.3) is 0 Å². The molecule has 1 unspecified atom stereocenters. The van der Waals surface area contributed by atoms with Gasteiger partial charge in [-0.25, -0.2) is 0 Å². The number of carbonyl (C=O) groups excluding carboxylic acids is 1. The molecule has 2 aliphatic rings. The first-order valence-electron chi connectivity index (χ1n) is 8.01. The lowest BCUT2D eigenvalue weighted by atomic mass is 9.85. The van der Waals surface area contributed by atoms with Crippen LogP contribution < -0.4 is 10.6 Å². The van der Waals surface area contributed by atoms with Crippen LogP contribution >= 0.6 is 0 Å². The zero-order valence-corrected chi connectivity index (χ0v) is 12.7. The molecule has 21 heavy (non-hydrogen) atoms. The quantitative estimate of drug-likeness (QED) is 0.895. The summed E-state index contributed by atoms with van der Waals surface area (Å²) in [5.74, 6) is 0.762. The molecule has 0 aliphatic carbocycles. The van der Waals surface area contributed by atoms with E-state index in [0.29, 0.717) is 18.4 Å². The number of nitrogens with one attached hydrogen (secondary N) is 2. The van der Waals surface area contributed by atoms with Crippen molar-refractivity contribution in [2.45, 2.75) is 38.6 Å². The third-order valence-electron chi connectivity index (χ3n) is 4.55. The van der Waals surface area contributed by atoms with Crippen LogP contribution in [0.1, 0.15) is 43.4 Å². The van der Waals surface area contributed by atoms with Crippen LogP contribution in [0.15, 0.2) is 18.2 Å². The monoisotopic (exact) mass is 288 g/mol. The molecule has 2 aliphatic heterocycles. The Morgan fingerprint density at radius 3 is 2.90 bits per heavy atom. The molecule has 2 N–H and O–H groups in total. The number of rotatable bonds is 4. The largest absolute Gasteiger partial charge is 0.381 e. The van der Waals surface area contributed by atoms with E-state index in [1.807, 2.05) is 0 Å². The van der Waals surface area contributed by atoms with Gasteiger partial charge in [-0.15, -0.1) is 0 Å². The Kier molecular flexibility index (Phi) is 4.56. The number of carbonyl (C=O) groups is 1. The molecule has 114 valence electrons. The smallest absolute Gasteiger partial charge is 0.224 e. The Bertz CT molecular complexity index is 510. The van der Waals surface area contributed by atoms with Gasteiger partial charge in [0.1, 0.15) is 0 Å². The summed E-state index contributed by atoms with van der Waals surface area (Å²) < 4.78 is 5.49. The predicted octanol–water partition coefficient (Wildman–Crippen LogP) is 2.65. The lowest BCUT2D eigenvalue weighted by molar-refractivity contribution is -0.116. The molecule has 1 amide bonds. The van der Waals surface area contributed by atoms with Gasteiger partial charge >= 0.3 is 0 Å². The van der Waals surface area contributed by atoms with E-state index in [0.717, 1.165) is 44.7 Å². The van der Waals surface area contributed by atoms with Gasteiger partial charge in [-0.3, -0.25) is 4.79 Å². The van der Waals surface area contributed by atoms with Gasteiger partial charge in [-0.2, -0.15) is 0 Å². The summed E-state index contributed by atoms with van der Waals surface area (Å²) >= 11 is 0. The zero-order chi connectivity index (χ0) is 14.7. The maximum Gasteiger partial charge on any atom is 0.224 e. The van der Waals surface area contributed by atoms with Gasteiger partial charge in [0.2, 0.25) is 5.91 Å². The Balaban J connectivity index is 1.83. The molecule has 4 heteroatoms. The standard InChI is InChI=1S/C17H24N2O2/c1-2-18-17(12-7-9-21-10-8-12)14-3-5-15-13(11-14)4-6-16(20)19-15/h3,5,11-12,17-18H,2,4,6-10H2,1H3,(H,19,20). The number of amides is 1. The minimum Gasteiger partial charge on any atom is -0.381 e. The summed E-state index contributed by atoms with van der Waals surface area (Å²) in [5.41, 5.74) is 3.60. The second-order valence-electron chi connectivity index (χ2n) is 5.95.